The molecule has 2 amide bonds. The second kappa shape index (κ2) is 13.2. The highest BCUT2D eigenvalue weighted by molar-refractivity contribution is 6.04. The van der Waals surface area contributed by atoms with Crippen LogP contribution in [0.2, 0.25) is 0 Å². The number of carbonyl (C=O) groups is 2. The lowest BCUT2D eigenvalue weighted by Gasteiger charge is -2.27. The topological polar surface area (TPSA) is 83.1 Å². The fourth-order valence-corrected chi connectivity index (χ4v) is 3.61. The number of carbonyl (C=O) groups excluding carboxylic acids is 2. The average Bonchev–Trinajstić information content (AvgIpc) is 2.74. The van der Waals surface area contributed by atoms with E-state index in [0.717, 1.165) is 31.5 Å². The molecule has 3 N–H and O–H groups in total. The molecule has 30 heavy (non-hydrogen) atoms. The molecule has 0 saturated carbocycles. The summed E-state index contributed by atoms with van der Waals surface area (Å²) in [4.78, 5) is 28.5. The standard InChI is InChI=1S/C22H28N4O2.2ClH/c1-16(18-5-9-23-10-6-18)13-21(27)25-15-17-3-2-4-20(14-17)26-22(28)19-7-11-24-12-8-19;;/h2-4,7-8,11-12,14,16,18,23H,5-6,9-10,13,15H2,1H3,(H,25,27)(H,26,28);2*1H. The second-order valence-electron chi connectivity index (χ2n) is 7.44. The molecule has 2 aromatic rings. The molecule has 164 valence electrons. The molecule has 2 heterocycles. The van der Waals surface area contributed by atoms with Gasteiger partial charge >= 0.3 is 0 Å². The minimum absolute atomic E-state index is 0. The quantitative estimate of drug-likeness (QED) is 0.595. The highest BCUT2D eigenvalue weighted by atomic mass is 35.5. The van der Waals surface area contributed by atoms with Crippen molar-refractivity contribution in [3.8, 4) is 0 Å². The summed E-state index contributed by atoms with van der Waals surface area (Å²) in [6.07, 6.45) is 6.03. The third-order valence-electron chi connectivity index (χ3n) is 5.31. The summed E-state index contributed by atoms with van der Waals surface area (Å²) in [6, 6.07) is 10.9. The maximum Gasteiger partial charge on any atom is 0.255 e. The summed E-state index contributed by atoms with van der Waals surface area (Å²) in [6.45, 7) is 4.73. The van der Waals surface area contributed by atoms with Gasteiger partial charge in [-0.15, -0.1) is 24.8 Å². The first-order chi connectivity index (χ1) is 13.6. The van der Waals surface area contributed by atoms with Crippen molar-refractivity contribution in [1.82, 2.24) is 15.6 Å². The highest BCUT2D eigenvalue weighted by Gasteiger charge is 2.21. The van der Waals surface area contributed by atoms with Crippen molar-refractivity contribution in [2.75, 3.05) is 18.4 Å². The van der Waals surface area contributed by atoms with E-state index >= 15 is 0 Å². The van der Waals surface area contributed by atoms with Crippen molar-refractivity contribution in [3.05, 3.63) is 59.9 Å². The number of hydrogen-bond acceptors (Lipinski definition) is 4. The average molecular weight is 453 g/mol. The number of nitrogens with one attached hydrogen (secondary N) is 3. The van der Waals surface area contributed by atoms with Crippen LogP contribution in [0.1, 0.15) is 42.1 Å². The molecule has 0 radical (unpaired) electrons. The Labute approximate surface area is 190 Å². The minimum Gasteiger partial charge on any atom is -0.352 e. The molecule has 8 heteroatoms. The number of nitrogens with zero attached hydrogens (tertiary/aromatic N) is 1. The van der Waals surface area contributed by atoms with E-state index in [2.05, 4.69) is 27.9 Å². The summed E-state index contributed by atoms with van der Waals surface area (Å²) in [7, 11) is 0. The molecule has 1 aliphatic heterocycles. The SMILES string of the molecule is CC(CC(=O)NCc1cccc(NC(=O)c2ccncc2)c1)C1CCNCC1.Cl.Cl. The van der Waals surface area contributed by atoms with Crippen LogP contribution in [0.25, 0.3) is 0 Å². The van der Waals surface area contributed by atoms with Gasteiger partial charge in [0.15, 0.2) is 0 Å². The number of aromatic nitrogens is 1. The Morgan fingerprint density at radius 3 is 2.53 bits per heavy atom. The fraction of sp³-hybridized carbons (Fsp3) is 0.409. The summed E-state index contributed by atoms with van der Waals surface area (Å²) in [5.74, 6) is 0.920. The van der Waals surface area contributed by atoms with Crippen LogP contribution in [0.3, 0.4) is 0 Å². The van der Waals surface area contributed by atoms with Gasteiger partial charge in [-0.05, 0) is 67.6 Å². The number of anilines is 1. The van der Waals surface area contributed by atoms with E-state index in [1.54, 1.807) is 24.5 Å². The number of halogens is 2. The second-order valence-corrected chi connectivity index (χ2v) is 7.44. The van der Waals surface area contributed by atoms with Crippen LogP contribution in [-0.4, -0.2) is 29.9 Å². The molecule has 1 aliphatic rings. The molecule has 1 saturated heterocycles. The zero-order chi connectivity index (χ0) is 19.8. The van der Waals surface area contributed by atoms with Gasteiger partial charge in [0.25, 0.3) is 5.91 Å². The summed E-state index contributed by atoms with van der Waals surface area (Å²) >= 11 is 0. The minimum atomic E-state index is -0.181. The normalized spacial score (nSPS) is 14.6. The van der Waals surface area contributed by atoms with E-state index in [-0.39, 0.29) is 36.6 Å². The number of pyridine rings is 1. The Bertz CT molecular complexity index is 799. The van der Waals surface area contributed by atoms with E-state index in [4.69, 9.17) is 0 Å². The first-order valence-electron chi connectivity index (χ1n) is 9.89. The monoisotopic (exact) mass is 452 g/mol. The predicted molar refractivity (Wildman–Crippen MR) is 124 cm³/mol. The van der Waals surface area contributed by atoms with E-state index in [9.17, 15) is 9.59 Å². The van der Waals surface area contributed by atoms with Crippen LogP contribution >= 0.6 is 24.8 Å². The number of hydrogen-bond donors (Lipinski definition) is 3. The van der Waals surface area contributed by atoms with Crippen molar-refractivity contribution < 1.29 is 9.59 Å². The summed E-state index contributed by atoms with van der Waals surface area (Å²) in [5.41, 5.74) is 2.22. The van der Waals surface area contributed by atoms with Gasteiger partial charge in [0.1, 0.15) is 0 Å². The van der Waals surface area contributed by atoms with Crippen LogP contribution < -0.4 is 16.0 Å². The van der Waals surface area contributed by atoms with Crippen LogP contribution in [0.5, 0.6) is 0 Å². The lowest BCUT2D eigenvalue weighted by atomic mass is 9.84. The number of rotatable bonds is 7. The predicted octanol–water partition coefficient (Wildman–Crippen LogP) is 3.82. The van der Waals surface area contributed by atoms with Crippen LogP contribution in [0, 0.1) is 11.8 Å². The Morgan fingerprint density at radius 2 is 1.83 bits per heavy atom. The summed E-state index contributed by atoms with van der Waals surface area (Å²) in [5, 5.41) is 9.25. The fourth-order valence-electron chi connectivity index (χ4n) is 3.61. The number of amides is 2. The van der Waals surface area contributed by atoms with Crippen molar-refractivity contribution in [2.45, 2.75) is 32.7 Å². The smallest absolute Gasteiger partial charge is 0.255 e. The van der Waals surface area contributed by atoms with Gasteiger partial charge in [0.05, 0.1) is 0 Å². The molecular formula is C22H30Cl2N4O2. The van der Waals surface area contributed by atoms with E-state index in [1.807, 2.05) is 24.3 Å². The maximum atomic E-state index is 12.3. The molecule has 1 unspecified atom stereocenters. The van der Waals surface area contributed by atoms with Crippen molar-refractivity contribution >= 4 is 42.3 Å². The lowest BCUT2D eigenvalue weighted by Crippen LogP contribution is -2.33. The third kappa shape index (κ3) is 7.94. The van der Waals surface area contributed by atoms with Gasteiger partial charge in [-0.1, -0.05) is 19.1 Å². The Morgan fingerprint density at radius 1 is 1.13 bits per heavy atom. The van der Waals surface area contributed by atoms with Gasteiger partial charge in [0, 0.05) is 36.6 Å². The summed E-state index contributed by atoms with van der Waals surface area (Å²) < 4.78 is 0. The van der Waals surface area contributed by atoms with Crippen molar-refractivity contribution in [3.63, 3.8) is 0 Å². The zero-order valence-corrected chi connectivity index (χ0v) is 18.7. The number of piperidine rings is 1. The van der Waals surface area contributed by atoms with Crippen LogP contribution in [0.15, 0.2) is 48.8 Å². The van der Waals surface area contributed by atoms with Crippen molar-refractivity contribution in [2.24, 2.45) is 11.8 Å². The van der Waals surface area contributed by atoms with E-state index in [1.165, 1.54) is 0 Å². The van der Waals surface area contributed by atoms with Gasteiger partial charge < -0.3 is 16.0 Å². The van der Waals surface area contributed by atoms with Gasteiger partial charge in [-0.3, -0.25) is 14.6 Å². The van der Waals surface area contributed by atoms with Crippen LogP contribution in [0.4, 0.5) is 5.69 Å². The molecule has 1 aromatic heterocycles. The molecule has 0 bridgehead atoms. The van der Waals surface area contributed by atoms with E-state index in [0.29, 0.717) is 36.1 Å². The molecule has 1 atom stereocenters. The highest BCUT2D eigenvalue weighted by Crippen LogP contribution is 2.24. The van der Waals surface area contributed by atoms with Crippen LogP contribution in [-0.2, 0) is 11.3 Å². The van der Waals surface area contributed by atoms with Gasteiger partial charge in [-0.25, -0.2) is 0 Å². The Hall–Kier alpha value is -2.15. The molecule has 1 fully saturated rings. The largest absolute Gasteiger partial charge is 0.352 e. The zero-order valence-electron chi connectivity index (χ0n) is 17.1. The molecule has 1 aromatic carbocycles. The molecule has 0 aliphatic carbocycles. The molecule has 3 rings (SSSR count). The third-order valence-corrected chi connectivity index (χ3v) is 5.31. The van der Waals surface area contributed by atoms with Gasteiger partial charge in [0.2, 0.25) is 5.91 Å². The molecule has 0 spiro atoms. The maximum absolute atomic E-state index is 12.3. The first kappa shape index (κ1) is 25.9. The lowest BCUT2D eigenvalue weighted by molar-refractivity contribution is -0.122. The Kier molecular flexibility index (Phi) is 11.4. The van der Waals surface area contributed by atoms with Gasteiger partial charge in [-0.2, -0.15) is 0 Å². The Balaban J connectivity index is 0.00000225. The molecule has 6 nitrogen and oxygen atoms in total. The molecular weight excluding hydrogens is 423 g/mol. The first-order valence-corrected chi connectivity index (χ1v) is 9.89. The number of benzene rings is 1. The van der Waals surface area contributed by atoms with E-state index < -0.39 is 0 Å². The van der Waals surface area contributed by atoms with Crippen molar-refractivity contribution in [1.29, 1.82) is 0 Å².